The molecule has 4 aliphatic rings. The summed E-state index contributed by atoms with van der Waals surface area (Å²) in [6.45, 7) is 5.40. The van der Waals surface area contributed by atoms with Crippen molar-refractivity contribution in [3.63, 3.8) is 0 Å². The molecule has 6 rings (SSSR count). The van der Waals surface area contributed by atoms with Crippen molar-refractivity contribution < 1.29 is 23.5 Å². The van der Waals surface area contributed by atoms with Gasteiger partial charge in [0.05, 0.1) is 30.4 Å². The Morgan fingerprint density at radius 1 is 1.02 bits per heavy atom. The molecule has 4 atom stereocenters. The fraction of sp³-hybridized carbons (Fsp3) is 0.500. The van der Waals surface area contributed by atoms with E-state index in [0.29, 0.717) is 42.3 Å². The van der Waals surface area contributed by atoms with Gasteiger partial charge in [0.2, 0.25) is 5.91 Å². The normalized spacial score (nSPS) is 26.4. The molecule has 2 aromatic rings. The largest absolute Gasteiger partial charge is 0.367 e. The van der Waals surface area contributed by atoms with E-state index in [1.807, 2.05) is 24.3 Å². The number of piperazine rings is 1. The average molecular weight is 582 g/mol. The molecule has 41 heavy (non-hydrogen) atoms. The third-order valence-corrected chi connectivity index (χ3v) is 8.97. The maximum Gasteiger partial charge on any atom is 0.251 e. The summed E-state index contributed by atoms with van der Waals surface area (Å²) in [5.74, 6) is -0.470. The van der Waals surface area contributed by atoms with Gasteiger partial charge in [-0.1, -0.05) is 24.3 Å². The van der Waals surface area contributed by atoms with E-state index in [9.17, 15) is 14.0 Å². The van der Waals surface area contributed by atoms with Crippen LogP contribution >= 0.6 is 12.2 Å². The van der Waals surface area contributed by atoms with Gasteiger partial charge in [-0.15, -0.1) is 0 Å². The van der Waals surface area contributed by atoms with Gasteiger partial charge in [0, 0.05) is 44.3 Å². The summed E-state index contributed by atoms with van der Waals surface area (Å²) in [6.07, 6.45) is 2.16. The molecule has 1 saturated carbocycles. The standard InChI is InChI=1S/C30H36FN5O4S/c31-23-4-1-2-5-25(23)35-14-12-34(13-15-35)11-3-10-32-28(37)21-8-6-20(7-9-21)18-36-29(38)22-16-26-27(40-19-39-26)17-24(22)33-30(36)41/h1-2,4-9,22,24,26-27H,3,10-19H2,(H,32,37)(H,33,41). The molecule has 218 valence electrons. The van der Waals surface area contributed by atoms with Gasteiger partial charge in [-0.2, -0.15) is 0 Å². The first-order chi connectivity index (χ1) is 20.0. The lowest BCUT2D eigenvalue weighted by atomic mass is 9.79. The third kappa shape index (κ3) is 6.23. The highest BCUT2D eigenvalue weighted by molar-refractivity contribution is 7.80. The maximum absolute atomic E-state index is 14.1. The molecule has 0 bridgehead atoms. The monoisotopic (exact) mass is 581 g/mol. The van der Waals surface area contributed by atoms with E-state index in [0.717, 1.165) is 44.7 Å². The summed E-state index contributed by atoms with van der Waals surface area (Å²) in [5.41, 5.74) is 2.15. The van der Waals surface area contributed by atoms with E-state index in [1.54, 1.807) is 23.1 Å². The van der Waals surface area contributed by atoms with Crippen molar-refractivity contribution in [2.75, 3.05) is 51.0 Å². The van der Waals surface area contributed by atoms with Crippen LogP contribution in [0.3, 0.4) is 0 Å². The van der Waals surface area contributed by atoms with Crippen LogP contribution in [0.2, 0.25) is 0 Å². The lowest BCUT2D eigenvalue weighted by molar-refractivity contribution is -0.137. The first-order valence-electron chi connectivity index (χ1n) is 14.4. The number of amides is 2. The van der Waals surface area contributed by atoms with E-state index >= 15 is 0 Å². The van der Waals surface area contributed by atoms with E-state index in [2.05, 4.69) is 20.4 Å². The van der Waals surface area contributed by atoms with E-state index in [-0.39, 0.29) is 48.6 Å². The van der Waals surface area contributed by atoms with Gasteiger partial charge in [-0.25, -0.2) is 4.39 Å². The molecular weight excluding hydrogens is 545 g/mol. The average Bonchev–Trinajstić information content (AvgIpc) is 3.45. The lowest BCUT2D eigenvalue weighted by Gasteiger charge is -2.44. The Morgan fingerprint density at radius 2 is 1.76 bits per heavy atom. The Hall–Kier alpha value is -3.12. The van der Waals surface area contributed by atoms with E-state index < -0.39 is 0 Å². The first-order valence-corrected chi connectivity index (χ1v) is 14.8. The molecule has 0 radical (unpaired) electrons. The number of ether oxygens (including phenoxy) is 2. The van der Waals surface area contributed by atoms with Crippen molar-refractivity contribution in [2.45, 2.75) is 44.1 Å². The number of carbonyl (C=O) groups is 2. The molecule has 2 amide bonds. The topological polar surface area (TPSA) is 86.4 Å². The van der Waals surface area contributed by atoms with Crippen LogP contribution in [0.5, 0.6) is 0 Å². The van der Waals surface area contributed by atoms with Crippen molar-refractivity contribution in [2.24, 2.45) is 5.92 Å². The summed E-state index contributed by atoms with van der Waals surface area (Å²) in [5, 5.41) is 6.78. The van der Waals surface area contributed by atoms with Gasteiger partial charge in [0.1, 0.15) is 12.6 Å². The number of carbonyl (C=O) groups excluding carboxylic acids is 2. The Balaban J connectivity index is 0.931. The Labute approximate surface area is 244 Å². The highest BCUT2D eigenvalue weighted by Crippen LogP contribution is 2.36. The van der Waals surface area contributed by atoms with Gasteiger partial charge in [0.15, 0.2) is 5.11 Å². The summed E-state index contributed by atoms with van der Waals surface area (Å²) >= 11 is 5.54. The predicted molar refractivity (Wildman–Crippen MR) is 156 cm³/mol. The van der Waals surface area contributed by atoms with Crippen LogP contribution in [0.15, 0.2) is 48.5 Å². The molecule has 2 N–H and O–H groups in total. The van der Waals surface area contributed by atoms with Crippen LogP contribution < -0.4 is 15.5 Å². The predicted octanol–water partition coefficient (Wildman–Crippen LogP) is 2.50. The number of benzene rings is 2. The number of hydrogen-bond donors (Lipinski definition) is 2. The second-order valence-corrected chi connectivity index (χ2v) is 11.6. The van der Waals surface area contributed by atoms with Crippen LogP contribution in [0.25, 0.3) is 0 Å². The quantitative estimate of drug-likeness (QED) is 0.364. The number of nitrogens with one attached hydrogen (secondary N) is 2. The number of halogens is 1. The molecule has 0 spiro atoms. The molecule has 0 aromatic heterocycles. The zero-order chi connectivity index (χ0) is 28.3. The Kier molecular flexibility index (Phi) is 8.47. The summed E-state index contributed by atoms with van der Waals surface area (Å²) in [4.78, 5) is 32.1. The van der Waals surface area contributed by atoms with Crippen LogP contribution in [0, 0.1) is 11.7 Å². The molecule has 4 unspecified atom stereocenters. The first kappa shape index (κ1) is 28.0. The summed E-state index contributed by atoms with van der Waals surface area (Å²) < 4.78 is 25.3. The zero-order valence-corrected chi connectivity index (χ0v) is 23.8. The number of para-hydroxylation sites is 1. The van der Waals surface area contributed by atoms with Crippen molar-refractivity contribution in [1.29, 1.82) is 0 Å². The number of fused-ring (bicyclic) bond motifs is 2. The number of hydrogen-bond acceptors (Lipinski definition) is 7. The number of nitrogens with zero attached hydrogens (tertiary/aromatic N) is 3. The molecule has 3 aliphatic heterocycles. The minimum Gasteiger partial charge on any atom is -0.367 e. The summed E-state index contributed by atoms with van der Waals surface area (Å²) in [7, 11) is 0. The van der Waals surface area contributed by atoms with Gasteiger partial charge in [0.25, 0.3) is 5.91 Å². The van der Waals surface area contributed by atoms with E-state index in [1.165, 1.54) is 6.07 Å². The fourth-order valence-corrected chi connectivity index (χ4v) is 6.59. The van der Waals surface area contributed by atoms with Crippen molar-refractivity contribution in [3.05, 3.63) is 65.5 Å². The Bertz CT molecular complexity index is 1270. The number of rotatable bonds is 8. The van der Waals surface area contributed by atoms with Gasteiger partial charge in [-0.05, 0) is 67.9 Å². The molecule has 2 aromatic carbocycles. The zero-order valence-electron chi connectivity index (χ0n) is 23.0. The summed E-state index contributed by atoms with van der Waals surface area (Å²) in [6, 6.07) is 14.2. The van der Waals surface area contributed by atoms with Gasteiger partial charge in [-0.3, -0.25) is 19.4 Å². The van der Waals surface area contributed by atoms with Crippen LogP contribution in [-0.4, -0.2) is 91.0 Å². The number of anilines is 1. The smallest absolute Gasteiger partial charge is 0.251 e. The Morgan fingerprint density at radius 3 is 2.51 bits per heavy atom. The molecule has 3 saturated heterocycles. The van der Waals surface area contributed by atoms with Crippen molar-refractivity contribution in [3.8, 4) is 0 Å². The molecular formula is C30H36FN5O4S. The van der Waals surface area contributed by atoms with Crippen LogP contribution in [-0.2, 0) is 20.8 Å². The fourth-order valence-electron chi connectivity index (χ4n) is 6.29. The van der Waals surface area contributed by atoms with Crippen molar-refractivity contribution >= 4 is 34.8 Å². The third-order valence-electron chi connectivity index (χ3n) is 8.63. The van der Waals surface area contributed by atoms with Crippen LogP contribution in [0.4, 0.5) is 10.1 Å². The molecule has 4 fully saturated rings. The molecule has 9 nitrogen and oxygen atoms in total. The highest BCUT2D eigenvalue weighted by Gasteiger charge is 2.48. The minimum absolute atomic E-state index is 0.0168. The lowest BCUT2D eigenvalue weighted by Crippen LogP contribution is -2.63. The maximum atomic E-state index is 14.1. The molecule has 1 aliphatic carbocycles. The minimum atomic E-state index is -0.189. The number of thiocarbonyl (C=S) groups is 1. The second-order valence-electron chi connectivity index (χ2n) is 11.2. The SMILES string of the molecule is O=C(NCCCN1CCN(c2ccccc2F)CC1)c1ccc(CN2C(=O)C3CC4OCOC4CC3NC2=S)cc1. The highest BCUT2D eigenvalue weighted by atomic mass is 32.1. The van der Waals surface area contributed by atoms with Crippen LogP contribution in [0.1, 0.15) is 35.2 Å². The van der Waals surface area contributed by atoms with Gasteiger partial charge >= 0.3 is 0 Å². The molecule has 3 heterocycles. The molecule has 11 heteroatoms. The second kappa shape index (κ2) is 12.4. The van der Waals surface area contributed by atoms with Crippen molar-refractivity contribution in [1.82, 2.24) is 20.4 Å². The van der Waals surface area contributed by atoms with Gasteiger partial charge < -0.3 is 25.0 Å². The van der Waals surface area contributed by atoms with E-state index in [4.69, 9.17) is 21.7 Å².